The Morgan fingerprint density at radius 1 is 0.889 bits per heavy atom. The average molecular weight is 611 g/mol. The number of anilines is 1. The molecule has 0 saturated heterocycles. The van der Waals surface area contributed by atoms with E-state index < -0.39 is 5.41 Å². The highest BCUT2D eigenvalue weighted by Gasteiger charge is 2.49. The highest BCUT2D eigenvalue weighted by molar-refractivity contribution is 6.24. The number of hydrogen-bond donors (Lipinski definition) is 0. The molecule has 5 rings (SSSR count). The topological polar surface area (TPSA) is 71.2 Å². The Kier molecular flexibility index (Phi) is 8.69. The summed E-state index contributed by atoms with van der Waals surface area (Å²) in [6.45, 7) is 19.1. The minimum atomic E-state index is -0.531. The van der Waals surface area contributed by atoms with E-state index in [1.54, 1.807) is 20.3 Å². The highest BCUT2D eigenvalue weighted by Crippen LogP contribution is 2.53. The van der Waals surface area contributed by atoms with Crippen molar-refractivity contribution in [3.05, 3.63) is 87.2 Å². The first-order valence-electron chi connectivity index (χ1n) is 16.1. The van der Waals surface area contributed by atoms with E-state index in [0.29, 0.717) is 34.4 Å². The van der Waals surface area contributed by atoms with Gasteiger partial charge in [0.05, 0.1) is 36.3 Å². The van der Waals surface area contributed by atoms with Crippen LogP contribution in [-0.4, -0.2) is 43.4 Å². The number of rotatable bonds is 11. The molecule has 45 heavy (non-hydrogen) atoms. The summed E-state index contributed by atoms with van der Waals surface area (Å²) in [5.74, 6) is 2.42. The number of allylic oxidation sites excluding steroid dienone is 5. The number of Topliss-reactive ketones (excluding diaryl/α,β-unsaturated/α-hetero) is 1. The van der Waals surface area contributed by atoms with Gasteiger partial charge in [-0.25, -0.2) is 0 Å². The first kappa shape index (κ1) is 32.4. The Hall–Kier alpha value is -4.00. The number of fused-ring (bicyclic) bond motifs is 2. The standard InChI is InChI=1S/C38H48N3O4/c1-23(2)17-19-40-28-14-11-13-27(39-43)33(28)37(5,6)31(40)21-25-35(42)26(36(25)45-10)22-32-38(7,8)34-29(15-12-16-30(34)44-9)41(32)20-18-24(3)4/h11-16,21-24H,17-20H2,1-10H3/q+1. The van der Waals surface area contributed by atoms with Gasteiger partial charge in [-0.05, 0) is 61.6 Å². The average Bonchev–Trinajstić information content (AvgIpc) is 3.35. The predicted molar refractivity (Wildman–Crippen MR) is 182 cm³/mol. The second-order valence-corrected chi connectivity index (χ2v) is 14.3. The largest absolute Gasteiger partial charge is 0.496 e. The second kappa shape index (κ2) is 12.1. The highest BCUT2D eigenvalue weighted by atomic mass is 16.5. The van der Waals surface area contributed by atoms with Gasteiger partial charge >= 0.3 is 0 Å². The zero-order valence-electron chi connectivity index (χ0n) is 28.6. The van der Waals surface area contributed by atoms with E-state index >= 15 is 0 Å². The molecule has 3 aliphatic rings. The van der Waals surface area contributed by atoms with Crippen molar-refractivity contribution in [2.75, 3.05) is 32.2 Å². The molecular formula is C38H48N3O4+. The van der Waals surface area contributed by atoms with E-state index in [4.69, 9.17) is 9.47 Å². The van der Waals surface area contributed by atoms with Crippen LogP contribution < -0.4 is 9.64 Å². The lowest BCUT2D eigenvalue weighted by Crippen LogP contribution is -2.33. The van der Waals surface area contributed by atoms with Crippen molar-refractivity contribution in [1.29, 1.82) is 0 Å². The summed E-state index contributed by atoms with van der Waals surface area (Å²) in [6, 6.07) is 11.9. The van der Waals surface area contributed by atoms with Gasteiger partial charge in [-0.15, -0.1) is 4.91 Å². The van der Waals surface area contributed by atoms with E-state index in [-0.39, 0.29) is 11.2 Å². The monoisotopic (exact) mass is 610 g/mol. The third-order valence-electron chi connectivity index (χ3n) is 9.64. The van der Waals surface area contributed by atoms with Gasteiger partial charge in [0.2, 0.25) is 11.5 Å². The molecule has 2 aromatic carbocycles. The van der Waals surface area contributed by atoms with Crippen molar-refractivity contribution < 1.29 is 18.8 Å². The zero-order chi connectivity index (χ0) is 32.8. The fourth-order valence-electron chi connectivity index (χ4n) is 7.17. The molecule has 7 heteroatoms. The van der Waals surface area contributed by atoms with Crippen LogP contribution in [-0.2, 0) is 20.4 Å². The number of ketones is 1. The number of benzene rings is 2. The lowest BCUT2D eigenvalue weighted by Gasteiger charge is -2.30. The summed E-state index contributed by atoms with van der Waals surface area (Å²) in [5, 5.41) is 3.37. The van der Waals surface area contributed by atoms with Crippen LogP contribution in [0.4, 0.5) is 17.1 Å². The molecule has 0 spiro atoms. The van der Waals surface area contributed by atoms with Crippen LogP contribution in [0, 0.1) is 16.7 Å². The first-order chi connectivity index (χ1) is 21.3. The van der Waals surface area contributed by atoms with Gasteiger partial charge in [-0.3, -0.25) is 4.79 Å². The van der Waals surface area contributed by atoms with E-state index in [1.165, 1.54) is 0 Å². The summed E-state index contributed by atoms with van der Waals surface area (Å²) in [4.78, 5) is 28.3. The molecule has 0 saturated carbocycles. The Morgan fingerprint density at radius 2 is 1.58 bits per heavy atom. The number of carbonyl (C=O) groups is 1. The molecule has 0 amide bonds. The normalized spacial score (nSPS) is 20.0. The van der Waals surface area contributed by atoms with Gasteiger partial charge < -0.3 is 14.4 Å². The third kappa shape index (κ3) is 5.34. The Bertz CT molecular complexity index is 1670. The quantitative estimate of drug-likeness (QED) is 0.145. The molecular weight excluding hydrogens is 562 g/mol. The van der Waals surface area contributed by atoms with Crippen LogP contribution in [0.5, 0.6) is 5.75 Å². The van der Waals surface area contributed by atoms with Gasteiger partial charge in [0.15, 0.2) is 5.71 Å². The molecule has 0 aromatic heterocycles. The summed E-state index contributed by atoms with van der Waals surface area (Å²) >= 11 is 0. The Morgan fingerprint density at radius 3 is 2.20 bits per heavy atom. The van der Waals surface area contributed by atoms with Crippen LogP contribution in [0.2, 0.25) is 0 Å². The summed E-state index contributed by atoms with van der Waals surface area (Å²) in [5.41, 5.74) is 6.79. The first-order valence-corrected chi connectivity index (χ1v) is 16.1. The van der Waals surface area contributed by atoms with Crippen LogP contribution in [0.3, 0.4) is 0 Å². The summed E-state index contributed by atoms with van der Waals surface area (Å²) in [7, 11) is 3.34. The number of methoxy groups -OCH3 is 2. The molecule has 0 bridgehead atoms. The second-order valence-electron chi connectivity index (χ2n) is 14.3. The van der Waals surface area contributed by atoms with Gasteiger partial charge in [0.25, 0.3) is 0 Å². The molecule has 0 atom stereocenters. The molecule has 1 aliphatic carbocycles. The maximum absolute atomic E-state index is 14.1. The van der Waals surface area contributed by atoms with Gasteiger partial charge in [0.1, 0.15) is 23.7 Å². The molecule has 238 valence electrons. The minimum Gasteiger partial charge on any atom is -0.496 e. The number of ether oxygens (including phenoxy) is 2. The van der Waals surface area contributed by atoms with Crippen molar-refractivity contribution in [2.45, 2.75) is 79.1 Å². The Labute approximate surface area is 268 Å². The molecule has 0 N–H and O–H groups in total. The lowest BCUT2D eigenvalue weighted by molar-refractivity contribution is -0.439. The molecule has 2 aromatic rings. The van der Waals surface area contributed by atoms with Crippen molar-refractivity contribution in [3.63, 3.8) is 0 Å². The molecule has 0 radical (unpaired) electrons. The predicted octanol–water partition coefficient (Wildman–Crippen LogP) is 8.65. The summed E-state index contributed by atoms with van der Waals surface area (Å²) in [6.07, 6.45) is 5.98. The maximum Gasteiger partial charge on any atom is 0.212 e. The zero-order valence-corrected chi connectivity index (χ0v) is 28.6. The van der Waals surface area contributed by atoms with Gasteiger partial charge in [-0.1, -0.05) is 53.7 Å². The van der Waals surface area contributed by atoms with Crippen LogP contribution >= 0.6 is 0 Å². The number of carbonyl (C=O) groups excluding carboxylic acids is 1. The van der Waals surface area contributed by atoms with Gasteiger partial charge in [0, 0.05) is 47.5 Å². The fraction of sp³-hybridized carbons (Fsp3) is 0.474. The molecule has 0 unspecified atom stereocenters. The van der Waals surface area contributed by atoms with Crippen LogP contribution in [0.1, 0.15) is 79.4 Å². The number of hydrogen-bond acceptors (Lipinski definition) is 6. The molecule has 0 fully saturated rings. The number of nitrogens with zero attached hydrogens (tertiary/aromatic N) is 3. The van der Waals surface area contributed by atoms with Crippen LogP contribution in [0.15, 0.2) is 76.3 Å². The van der Waals surface area contributed by atoms with E-state index in [1.807, 2.05) is 36.4 Å². The SMILES string of the molecule is COC1=C(C=C2N(CCC(C)C)c3cccc(OC)c3C2(C)C)C(=O)C1=CC1=[N+](CCC(C)C)c2cccc(N=O)c2C1(C)C. The Balaban J connectivity index is 1.64. The van der Waals surface area contributed by atoms with Crippen molar-refractivity contribution in [1.82, 2.24) is 0 Å². The van der Waals surface area contributed by atoms with E-state index in [0.717, 1.165) is 65.6 Å². The lowest BCUT2D eigenvalue weighted by atomic mass is 9.77. The smallest absolute Gasteiger partial charge is 0.212 e. The maximum atomic E-state index is 14.1. The summed E-state index contributed by atoms with van der Waals surface area (Å²) < 4.78 is 14.0. The van der Waals surface area contributed by atoms with Crippen LogP contribution in [0.25, 0.3) is 0 Å². The molecule has 2 heterocycles. The van der Waals surface area contributed by atoms with E-state index in [9.17, 15) is 9.70 Å². The van der Waals surface area contributed by atoms with Crippen molar-refractivity contribution in [2.24, 2.45) is 17.0 Å². The van der Waals surface area contributed by atoms with Crippen molar-refractivity contribution in [3.8, 4) is 5.75 Å². The molecule has 7 nitrogen and oxygen atoms in total. The minimum absolute atomic E-state index is 0.0429. The third-order valence-corrected chi connectivity index (χ3v) is 9.64. The number of nitroso groups, excluding NO2 is 1. The van der Waals surface area contributed by atoms with E-state index in [2.05, 4.69) is 76.1 Å². The molecule has 2 aliphatic heterocycles. The van der Waals surface area contributed by atoms with Gasteiger partial charge in [-0.2, -0.15) is 4.58 Å². The van der Waals surface area contributed by atoms with Crippen molar-refractivity contribution >= 4 is 28.6 Å². The fourth-order valence-corrected chi connectivity index (χ4v) is 7.17.